The zero-order valence-electron chi connectivity index (χ0n) is 15.0. The van der Waals surface area contributed by atoms with Crippen molar-refractivity contribution in [3.05, 3.63) is 29.8 Å². The zero-order chi connectivity index (χ0) is 20.3. The number of guanidine groups is 1. The third-order valence-corrected chi connectivity index (χ3v) is 3.03. The van der Waals surface area contributed by atoms with Gasteiger partial charge in [0, 0.05) is 26.7 Å². The molecule has 0 atom stereocenters. The normalized spacial score (nSPS) is 12.3. The Morgan fingerprint density at radius 1 is 0.964 bits per heavy atom. The maximum atomic E-state index is 12.1. The van der Waals surface area contributed by atoms with Crippen molar-refractivity contribution in [1.29, 1.82) is 0 Å². The van der Waals surface area contributed by atoms with Crippen molar-refractivity contribution in [3.63, 3.8) is 0 Å². The van der Waals surface area contributed by atoms with Crippen LogP contribution < -0.4 is 15.4 Å². The summed E-state index contributed by atoms with van der Waals surface area (Å²) in [5.41, 5.74) is 0.783. The molecule has 0 aliphatic rings. The Hall–Kier alpha value is -1.44. The van der Waals surface area contributed by atoms with E-state index in [9.17, 15) is 26.3 Å². The predicted octanol–water partition coefficient (Wildman–Crippen LogP) is 3.88. The van der Waals surface area contributed by atoms with Gasteiger partial charge in [0.2, 0.25) is 0 Å². The van der Waals surface area contributed by atoms with E-state index in [2.05, 4.69) is 25.1 Å². The van der Waals surface area contributed by atoms with Gasteiger partial charge in [-0.25, -0.2) is 0 Å². The molecule has 1 aromatic rings. The Balaban J connectivity index is 0.00000729. The molecule has 0 radical (unpaired) electrons. The Bertz CT molecular complexity index is 579. The molecular weight excluding hydrogens is 507 g/mol. The Morgan fingerprint density at radius 3 is 2.11 bits per heavy atom. The van der Waals surface area contributed by atoms with E-state index in [1.165, 1.54) is 19.2 Å². The number of benzene rings is 1. The quantitative estimate of drug-likeness (QED) is 0.168. The molecule has 0 unspecified atom stereocenters. The fourth-order valence-electron chi connectivity index (χ4n) is 1.84. The van der Waals surface area contributed by atoms with Crippen LogP contribution in [-0.4, -0.2) is 51.7 Å². The van der Waals surface area contributed by atoms with Crippen molar-refractivity contribution in [2.24, 2.45) is 4.99 Å². The molecule has 5 nitrogen and oxygen atoms in total. The summed E-state index contributed by atoms with van der Waals surface area (Å²) in [7, 11) is 1.53. The van der Waals surface area contributed by atoms with Crippen LogP contribution in [0.1, 0.15) is 12.0 Å². The molecule has 0 aliphatic carbocycles. The summed E-state index contributed by atoms with van der Waals surface area (Å²) in [4.78, 5) is 3.96. The molecule has 0 bridgehead atoms. The third-order valence-electron chi connectivity index (χ3n) is 3.03. The van der Waals surface area contributed by atoms with E-state index in [0.717, 1.165) is 5.56 Å². The van der Waals surface area contributed by atoms with Crippen LogP contribution >= 0.6 is 24.0 Å². The molecule has 12 heteroatoms. The second kappa shape index (κ2) is 12.9. The minimum atomic E-state index is -4.39. The maximum Gasteiger partial charge on any atom is 0.422 e. The molecule has 0 saturated carbocycles. The lowest BCUT2D eigenvalue weighted by Crippen LogP contribution is -2.37. The molecule has 0 heterocycles. The lowest BCUT2D eigenvalue weighted by molar-refractivity contribution is -0.173. The third kappa shape index (κ3) is 13.7. The molecule has 162 valence electrons. The highest BCUT2D eigenvalue weighted by atomic mass is 127. The fraction of sp³-hybridized carbons (Fsp3) is 0.562. The molecule has 2 N–H and O–H groups in total. The number of nitrogens with zero attached hydrogens (tertiary/aromatic N) is 1. The van der Waals surface area contributed by atoms with E-state index in [1.54, 1.807) is 12.1 Å². The van der Waals surface area contributed by atoms with E-state index >= 15 is 0 Å². The first kappa shape index (κ1) is 26.6. The molecule has 0 aliphatic heterocycles. The topological polar surface area (TPSA) is 54.9 Å². The smallest absolute Gasteiger partial charge is 0.422 e. The highest BCUT2D eigenvalue weighted by Gasteiger charge is 2.28. The van der Waals surface area contributed by atoms with Gasteiger partial charge in [-0.1, -0.05) is 12.1 Å². The van der Waals surface area contributed by atoms with Crippen molar-refractivity contribution in [1.82, 2.24) is 10.6 Å². The minimum absolute atomic E-state index is 0. The summed E-state index contributed by atoms with van der Waals surface area (Å²) in [6.07, 6.45) is -8.36. The van der Waals surface area contributed by atoms with E-state index in [1.807, 2.05) is 0 Å². The van der Waals surface area contributed by atoms with Crippen molar-refractivity contribution >= 4 is 29.9 Å². The van der Waals surface area contributed by atoms with Gasteiger partial charge in [-0.05, 0) is 24.1 Å². The van der Waals surface area contributed by atoms with Gasteiger partial charge in [-0.3, -0.25) is 4.99 Å². The Morgan fingerprint density at radius 2 is 1.57 bits per heavy atom. The van der Waals surface area contributed by atoms with E-state index in [0.29, 0.717) is 25.5 Å². The first-order chi connectivity index (χ1) is 12.6. The van der Waals surface area contributed by atoms with Crippen molar-refractivity contribution in [3.8, 4) is 5.75 Å². The van der Waals surface area contributed by atoms with E-state index in [-0.39, 0.29) is 36.3 Å². The predicted molar refractivity (Wildman–Crippen MR) is 103 cm³/mol. The van der Waals surface area contributed by atoms with Crippen LogP contribution in [0.3, 0.4) is 0 Å². The number of hydrogen-bond acceptors (Lipinski definition) is 3. The average Bonchev–Trinajstić information content (AvgIpc) is 2.58. The van der Waals surface area contributed by atoms with Crippen LogP contribution in [-0.2, 0) is 11.3 Å². The summed E-state index contributed by atoms with van der Waals surface area (Å²) in [6, 6.07) is 6.07. The van der Waals surface area contributed by atoms with Crippen molar-refractivity contribution in [2.75, 3.05) is 33.4 Å². The van der Waals surface area contributed by atoms with Crippen LogP contribution in [0, 0.1) is 0 Å². The molecule has 1 aromatic carbocycles. The first-order valence-corrected chi connectivity index (χ1v) is 7.96. The highest BCUT2D eigenvalue weighted by molar-refractivity contribution is 14.0. The molecule has 28 heavy (non-hydrogen) atoms. The molecule has 0 fully saturated rings. The number of ether oxygens (including phenoxy) is 2. The van der Waals surface area contributed by atoms with Gasteiger partial charge in [-0.2, -0.15) is 26.3 Å². The molecule has 0 saturated heterocycles. The Kier molecular flexibility index (Phi) is 12.2. The maximum absolute atomic E-state index is 12.1. The average molecular weight is 529 g/mol. The molecule has 1 rings (SSSR count). The van der Waals surface area contributed by atoms with Gasteiger partial charge in [0.15, 0.2) is 12.6 Å². The van der Waals surface area contributed by atoms with Crippen molar-refractivity contribution in [2.45, 2.75) is 25.3 Å². The summed E-state index contributed by atoms with van der Waals surface area (Å²) in [6.45, 7) is -1.95. The minimum Gasteiger partial charge on any atom is -0.484 e. The van der Waals surface area contributed by atoms with Crippen LogP contribution in [0.15, 0.2) is 29.3 Å². The van der Waals surface area contributed by atoms with Crippen molar-refractivity contribution < 1.29 is 35.8 Å². The van der Waals surface area contributed by atoms with Gasteiger partial charge in [0.25, 0.3) is 0 Å². The highest BCUT2D eigenvalue weighted by Crippen LogP contribution is 2.18. The Labute approximate surface area is 175 Å². The lowest BCUT2D eigenvalue weighted by atomic mass is 10.2. The van der Waals surface area contributed by atoms with Gasteiger partial charge in [-0.15, -0.1) is 24.0 Å². The fourth-order valence-corrected chi connectivity index (χ4v) is 1.84. The molecule has 0 amide bonds. The number of rotatable bonds is 9. The summed E-state index contributed by atoms with van der Waals surface area (Å²) >= 11 is 0. The number of hydrogen-bond donors (Lipinski definition) is 2. The van der Waals surface area contributed by atoms with Crippen LogP contribution in [0.5, 0.6) is 5.75 Å². The SMILES string of the molecule is CN=C(NCCCOCC(F)(F)F)NCc1ccc(OCC(F)(F)F)cc1.I. The van der Waals surface area contributed by atoms with Gasteiger partial charge < -0.3 is 20.1 Å². The largest absolute Gasteiger partial charge is 0.484 e. The van der Waals surface area contributed by atoms with E-state index in [4.69, 9.17) is 0 Å². The van der Waals surface area contributed by atoms with Crippen LogP contribution in [0.4, 0.5) is 26.3 Å². The van der Waals surface area contributed by atoms with Crippen LogP contribution in [0.2, 0.25) is 0 Å². The molecule has 0 aromatic heterocycles. The van der Waals surface area contributed by atoms with E-state index < -0.39 is 25.6 Å². The van der Waals surface area contributed by atoms with Gasteiger partial charge >= 0.3 is 12.4 Å². The monoisotopic (exact) mass is 529 g/mol. The van der Waals surface area contributed by atoms with Gasteiger partial charge in [0.05, 0.1) is 0 Å². The summed E-state index contributed by atoms with van der Waals surface area (Å²) in [5, 5.41) is 5.89. The van der Waals surface area contributed by atoms with Gasteiger partial charge in [0.1, 0.15) is 12.4 Å². The molecular formula is C16H22F6IN3O2. The second-order valence-electron chi connectivity index (χ2n) is 5.42. The number of halogens is 7. The number of nitrogens with one attached hydrogen (secondary N) is 2. The number of aliphatic imine (C=N–C) groups is 1. The summed E-state index contributed by atoms with van der Waals surface area (Å²) in [5.74, 6) is 0.542. The second-order valence-corrected chi connectivity index (χ2v) is 5.42. The van der Waals surface area contributed by atoms with Crippen LogP contribution in [0.25, 0.3) is 0 Å². The lowest BCUT2D eigenvalue weighted by Gasteiger charge is -2.13. The first-order valence-electron chi connectivity index (χ1n) is 7.96. The molecule has 0 spiro atoms. The number of alkyl halides is 6. The zero-order valence-corrected chi connectivity index (χ0v) is 17.3. The summed E-state index contributed by atoms with van der Waals surface area (Å²) < 4.78 is 81.0. The standard InChI is InChI=1S/C16H21F6N3O2.HI/c1-23-14(24-7-2-8-26-10-15(17,18)19)25-9-12-3-5-13(6-4-12)27-11-16(20,21)22;/h3-6H,2,7-11H2,1H3,(H2,23,24,25);1H.